The lowest BCUT2D eigenvalue weighted by Gasteiger charge is -2.07. The zero-order valence-electron chi connectivity index (χ0n) is 8.42. The third-order valence-electron chi connectivity index (χ3n) is 2.15. The molecule has 0 amide bonds. The number of phenols is 1. The zero-order chi connectivity index (χ0) is 10.9. The van der Waals surface area contributed by atoms with Crippen LogP contribution in [0.3, 0.4) is 0 Å². The summed E-state index contributed by atoms with van der Waals surface area (Å²) in [5.74, 6) is -0.354. The Kier molecular flexibility index (Phi) is 2.70. The molecule has 14 heavy (non-hydrogen) atoms. The van der Waals surface area contributed by atoms with Crippen molar-refractivity contribution in [2.75, 3.05) is 0 Å². The van der Waals surface area contributed by atoms with Gasteiger partial charge in [-0.1, -0.05) is 0 Å². The maximum Gasteiger partial charge on any atom is 0.160 e. The molecule has 0 radical (unpaired) electrons. The molecule has 0 aliphatic heterocycles. The van der Waals surface area contributed by atoms with Gasteiger partial charge in [-0.05, 0) is 38.5 Å². The fraction of sp³-hybridized carbons (Fsp3) is 0.273. The summed E-state index contributed by atoms with van der Waals surface area (Å²) in [4.78, 5) is 22.3. The summed E-state index contributed by atoms with van der Waals surface area (Å²) >= 11 is 0. The van der Waals surface area contributed by atoms with Gasteiger partial charge >= 0.3 is 0 Å². The maximum atomic E-state index is 11.2. The quantitative estimate of drug-likeness (QED) is 0.730. The van der Waals surface area contributed by atoms with Crippen LogP contribution in [0.4, 0.5) is 0 Å². The Morgan fingerprint density at radius 3 is 1.71 bits per heavy atom. The Morgan fingerprint density at radius 1 is 1.07 bits per heavy atom. The first kappa shape index (κ1) is 10.4. The molecule has 1 rings (SSSR count). The summed E-state index contributed by atoms with van der Waals surface area (Å²) in [6.07, 6.45) is 0. The summed E-state index contributed by atoms with van der Waals surface area (Å²) in [6.45, 7) is 4.52. The Bertz CT molecular complexity index is 370. The lowest BCUT2D eigenvalue weighted by molar-refractivity contribution is 0.101. The van der Waals surface area contributed by atoms with Gasteiger partial charge in [0.15, 0.2) is 11.6 Å². The van der Waals surface area contributed by atoms with Crippen LogP contribution in [0.1, 0.15) is 40.1 Å². The largest absolute Gasteiger partial charge is 0.508 e. The zero-order valence-corrected chi connectivity index (χ0v) is 8.42. The summed E-state index contributed by atoms with van der Waals surface area (Å²) in [5, 5.41) is 9.31. The van der Waals surface area contributed by atoms with Gasteiger partial charge in [0.25, 0.3) is 0 Å². The predicted molar refractivity (Wildman–Crippen MR) is 52.9 cm³/mol. The Balaban J connectivity index is 3.47. The first-order chi connectivity index (χ1) is 6.43. The summed E-state index contributed by atoms with van der Waals surface area (Å²) < 4.78 is 0. The van der Waals surface area contributed by atoms with Gasteiger partial charge in [-0.25, -0.2) is 0 Å². The number of Topliss-reactive ketones (excluding diaryl/α,β-unsaturated/α-hetero) is 2. The second-order valence-electron chi connectivity index (χ2n) is 3.28. The van der Waals surface area contributed by atoms with Crippen LogP contribution < -0.4 is 0 Å². The molecule has 0 saturated carbocycles. The van der Waals surface area contributed by atoms with Crippen LogP contribution in [0.5, 0.6) is 5.75 Å². The van der Waals surface area contributed by atoms with Crippen molar-refractivity contribution in [1.82, 2.24) is 0 Å². The number of hydrogen-bond acceptors (Lipinski definition) is 3. The molecule has 0 atom stereocenters. The molecule has 0 unspecified atom stereocenters. The minimum atomic E-state index is -0.152. The number of aromatic hydroxyl groups is 1. The number of carbonyl (C=O) groups is 2. The van der Waals surface area contributed by atoms with Gasteiger partial charge in [0.1, 0.15) is 5.75 Å². The summed E-state index contributed by atoms with van der Waals surface area (Å²) in [7, 11) is 0. The van der Waals surface area contributed by atoms with Crippen LogP contribution in [-0.2, 0) is 0 Å². The number of carbonyl (C=O) groups excluding carboxylic acids is 2. The third-order valence-corrected chi connectivity index (χ3v) is 2.15. The average Bonchev–Trinajstić information content (AvgIpc) is 2.07. The topological polar surface area (TPSA) is 54.4 Å². The van der Waals surface area contributed by atoms with Crippen LogP contribution >= 0.6 is 0 Å². The van der Waals surface area contributed by atoms with E-state index in [-0.39, 0.29) is 17.3 Å². The molecule has 3 nitrogen and oxygen atoms in total. The molecular formula is C11H12O3. The molecule has 0 aromatic heterocycles. The van der Waals surface area contributed by atoms with E-state index >= 15 is 0 Å². The Morgan fingerprint density at radius 2 is 1.43 bits per heavy atom. The molecule has 0 aliphatic carbocycles. The van der Waals surface area contributed by atoms with Crippen molar-refractivity contribution in [3.05, 3.63) is 28.8 Å². The molecule has 0 bridgehead atoms. The smallest absolute Gasteiger partial charge is 0.160 e. The van der Waals surface area contributed by atoms with Crippen LogP contribution in [0.25, 0.3) is 0 Å². The predicted octanol–water partition coefficient (Wildman–Crippen LogP) is 2.11. The van der Waals surface area contributed by atoms with Gasteiger partial charge in [-0.15, -0.1) is 0 Å². The average molecular weight is 192 g/mol. The molecule has 74 valence electrons. The molecule has 3 heteroatoms. The van der Waals surface area contributed by atoms with E-state index in [1.165, 1.54) is 26.0 Å². The number of rotatable bonds is 2. The second kappa shape index (κ2) is 3.62. The minimum absolute atomic E-state index is 0.0500. The minimum Gasteiger partial charge on any atom is -0.508 e. The van der Waals surface area contributed by atoms with Crippen molar-refractivity contribution in [1.29, 1.82) is 0 Å². The number of ketones is 2. The first-order valence-corrected chi connectivity index (χ1v) is 4.29. The van der Waals surface area contributed by atoms with Crippen molar-refractivity contribution < 1.29 is 14.7 Å². The summed E-state index contributed by atoms with van der Waals surface area (Å²) in [5.41, 5.74) is 1.42. The summed E-state index contributed by atoms with van der Waals surface area (Å²) in [6, 6.07) is 2.76. The van der Waals surface area contributed by atoms with E-state index in [2.05, 4.69) is 0 Å². The Hall–Kier alpha value is -1.64. The van der Waals surface area contributed by atoms with Crippen LogP contribution in [0.2, 0.25) is 0 Å². The van der Waals surface area contributed by atoms with Crippen LogP contribution in [0.15, 0.2) is 12.1 Å². The normalized spacial score (nSPS) is 9.93. The van der Waals surface area contributed by atoms with Crippen LogP contribution in [0, 0.1) is 6.92 Å². The molecule has 1 N–H and O–H groups in total. The highest BCUT2D eigenvalue weighted by Crippen LogP contribution is 2.22. The van der Waals surface area contributed by atoms with Gasteiger partial charge in [0.05, 0.1) is 0 Å². The molecule has 1 aromatic rings. The van der Waals surface area contributed by atoms with Gasteiger partial charge < -0.3 is 5.11 Å². The highest BCUT2D eigenvalue weighted by molar-refractivity contribution is 6.02. The molecule has 0 saturated heterocycles. The molecular weight excluding hydrogens is 180 g/mol. The number of hydrogen-bond donors (Lipinski definition) is 1. The van der Waals surface area contributed by atoms with Crippen molar-refractivity contribution in [3.8, 4) is 5.75 Å². The van der Waals surface area contributed by atoms with Crippen molar-refractivity contribution in [2.45, 2.75) is 20.8 Å². The van der Waals surface area contributed by atoms with E-state index < -0.39 is 0 Å². The van der Waals surface area contributed by atoms with Crippen molar-refractivity contribution in [2.24, 2.45) is 0 Å². The molecule has 0 spiro atoms. The van der Waals surface area contributed by atoms with Gasteiger partial charge in [0, 0.05) is 11.1 Å². The van der Waals surface area contributed by atoms with E-state index in [0.29, 0.717) is 16.7 Å². The standard InChI is InChI=1S/C11H12O3/c1-6-10(7(2)12)4-9(14)5-11(6)8(3)13/h4-5,14H,1-3H3. The van der Waals surface area contributed by atoms with Crippen molar-refractivity contribution in [3.63, 3.8) is 0 Å². The number of benzene rings is 1. The SMILES string of the molecule is CC(=O)c1cc(O)cc(C(C)=O)c1C. The highest BCUT2D eigenvalue weighted by Gasteiger charge is 2.12. The third kappa shape index (κ3) is 1.82. The van der Waals surface area contributed by atoms with E-state index in [0.717, 1.165) is 0 Å². The highest BCUT2D eigenvalue weighted by atomic mass is 16.3. The molecule has 0 heterocycles. The van der Waals surface area contributed by atoms with Crippen LogP contribution in [-0.4, -0.2) is 16.7 Å². The number of phenolic OH excluding ortho intramolecular Hbond substituents is 1. The molecule has 0 aliphatic rings. The molecule has 1 aromatic carbocycles. The van der Waals surface area contributed by atoms with Crippen molar-refractivity contribution >= 4 is 11.6 Å². The fourth-order valence-electron chi connectivity index (χ4n) is 1.43. The Labute approximate surface area is 82.4 Å². The lowest BCUT2D eigenvalue weighted by Crippen LogP contribution is -2.03. The molecule has 0 fully saturated rings. The monoisotopic (exact) mass is 192 g/mol. The van der Waals surface area contributed by atoms with E-state index in [9.17, 15) is 14.7 Å². The van der Waals surface area contributed by atoms with E-state index in [1.807, 2.05) is 0 Å². The van der Waals surface area contributed by atoms with Gasteiger partial charge in [0.2, 0.25) is 0 Å². The van der Waals surface area contributed by atoms with E-state index in [1.54, 1.807) is 6.92 Å². The van der Waals surface area contributed by atoms with Gasteiger partial charge in [-0.2, -0.15) is 0 Å². The van der Waals surface area contributed by atoms with Gasteiger partial charge in [-0.3, -0.25) is 9.59 Å². The maximum absolute atomic E-state index is 11.2. The van der Waals surface area contributed by atoms with E-state index in [4.69, 9.17) is 0 Å². The fourth-order valence-corrected chi connectivity index (χ4v) is 1.43. The second-order valence-corrected chi connectivity index (χ2v) is 3.28. The first-order valence-electron chi connectivity index (χ1n) is 4.29. The lowest BCUT2D eigenvalue weighted by atomic mass is 9.97.